The Balaban J connectivity index is 4.09. The number of carboxylic acid groups (broad SMARTS) is 1. The van der Waals surface area contributed by atoms with E-state index in [1.54, 1.807) is 0 Å². The van der Waals surface area contributed by atoms with Gasteiger partial charge in [-0.1, -0.05) is 353 Å². The molecule has 0 rings (SSSR count). The monoisotopic (exact) mass is 1350 g/mol. The van der Waals surface area contributed by atoms with Crippen molar-refractivity contribution in [3.63, 3.8) is 0 Å². The Morgan fingerprint density at radius 1 is 0.320 bits per heavy atom. The summed E-state index contributed by atoms with van der Waals surface area (Å²) in [5, 5.41) is 11.9. The molecule has 2 unspecified atom stereocenters. The number of hydrogen-bond donors (Lipinski definition) is 0. The van der Waals surface area contributed by atoms with Gasteiger partial charge in [-0.05, 0) is 116 Å². The highest BCUT2D eigenvalue weighted by atomic mass is 16.7. The third-order valence-corrected chi connectivity index (χ3v) is 17.4. The van der Waals surface area contributed by atoms with E-state index in [-0.39, 0.29) is 38.6 Å². The summed E-state index contributed by atoms with van der Waals surface area (Å²) in [6.07, 6.45) is 109. The Kier molecular flexibility index (Phi) is 73.5. The van der Waals surface area contributed by atoms with Gasteiger partial charge in [-0.3, -0.25) is 9.59 Å². The molecule has 556 valence electrons. The van der Waals surface area contributed by atoms with Crippen molar-refractivity contribution in [2.24, 2.45) is 0 Å². The maximum absolute atomic E-state index is 12.9. The van der Waals surface area contributed by atoms with Gasteiger partial charge < -0.3 is 33.3 Å². The molecule has 0 N–H and O–H groups in total. The van der Waals surface area contributed by atoms with E-state index in [0.717, 1.165) is 96.3 Å². The first-order valence-corrected chi connectivity index (χ1v) is 40.3. The van der Waals surface area contributed by atoms with Crippen LogP contribution in [0.5, 0.6) is 0 Å². The SMILES string of the molecule is CC/C=C\C/C=C\C/C=C\C/C=C\C/C=C\C/C=C\C/C=C\C/C=C\C/C=C\C/C=C\CCCCC(=O)OC(COC(=O)CCCCCCCCCCCCCCCCCCCCCCCCCCCCC/C=C\CCCCCCCCCC)COC(OCC[N+](C)(C)C)C(=O)[O-]. The molecular formula is C88H151NO8. The van der Waals surface area contributed by atoms with Crippen molar-refractivity contribution in [3.05, 3.63) is 134 Å². The first-order chi connectivity index (χ1) is 47.6. The Morgan fingerprint density at radius 3 is 0.907 bits per heavy atom. The standard InChI is InChI=1S/C88H151NO8/c1-6-8-10-12-14-16-18-20-22-24-26-28-30-32-34-36-38-40-41-42-43-44-45-47-48-50-52-54-56-58-60-62-64-66-68-70-72-74-76-78-85(90)95-82-84(83-96-88(87(92)93)94-81-80-89(3,4)5)97-86(91)79-77-75-73-71-69-67-65-63-61-59-57-55-53-51-49-46-39-37-35-33-31-29-27-25-23-21-19-17-15-13-11-9-7-2/h9,11,15,17,21,23-24,26-27,29,33,35,39,46,51,53,57,59,63,65,69,71,84,88H,6-8,10,12-14,16,18-20,22,25,28,30-32,34,36-38,40-45,47-50,52,54-56,58,60-62,64,66-68,70,72-83H2,1-5H3/b11-9-,17-15-,23-21-,26-24-,29-27-,35-33-,46-39-,53-51-,59-57-,65-63-,71-69-. The van der Waals surface area contributed by atoms with Gasteiger partial charge in [0.05, 0.1) is 40.3 Å². The second-order valence-electron chi connectivity index (χ2n) is 28.0. The van der Waals surface area contributed by atoms with Crippen LogP contribution in [0.1, 0.15) is 348 Å². The van der Waals surface area contributed by atoms with Crippen LogP contribution in [0.15, 0.2) is 134 Å². The van der Waals surface area contributed by atoms with Crippen molar-refractivity contribution in [3.8, 4) is 0 Å². The summed E-state index contributed by atoms with van der Waals surface area (Å²) in [5.41, 5.74) is 0. The number of allylic oxidation sites excluding steroid dienone is 22. The van der Waals surface area contributed by atoms with Crippen LogP contribution in [0, 0.1) is 0 Å². The van der Waals surface area contributed by atoms with Crippen molar-refractivity contribution in [2.45, 2.75) is 360 Å². The molecule has 2 atom stereocenters. The number of likely N-dealkylation sites (N-methyl/N-ethyl adjacent to an activating group) is 1. The molecule has 0 aliphatic carbocycles. The van der Waals surface area contributed by atoms with E-state index in [1.807, 2.05) is 21.1 Å². The zero-order chi connectivity index (χ0) is 70.4. The number of unbranched alkanes of at least 4 members (excludes halogenated alkanes) is 37. The van der Waals surface area contributed by atoms with Gasteiger partial charge in [0.25, 0.3) is 0 Å². The third-order valence-electron chi connectivity index (χ3n) is 17.4. The van der Waals surface area contributed by atoms with Gasteiger partial charge in [-0.2, -0.15) is 0 Å². The predicted octanol–water partition coefficient (Wildman–Crippen LogP) is 24.7. The van der Waals surface area contributed by atoms with Crippen molar-refractivity contribution < 1.29 is 42.9 Å². The van der Waals surface area contributed by atoms with E-state index in [2.05, 4.69) is 148 Å². The van der Waals surface area contributed by atoms with Crippen LogP contribution >= 0.6 is 0 Å². The largest absolute Gasteiger partial charge is 0.545 e. The molecule has 0 heterocycles. The quantitative estimate of drug-likeness (QED) is 0.0195. The Hall–Kier alpha value is -4.57. The molecule has 0 aromatic heterocycles. The first-order valence-electron chi connectivity index (χ1n) is 40.3. The molecule has 0 aromatic rings. The van der Waals surface area contributed by atoms with Crippen LogP contribution in [-0.2, 0) is 33.3 Å². The van der Waals surface area contributed by atoms with Crippen molar-refractivity contribution in [1.29, 1.82) is 0 Å². The topological polar surface area (TPSA) is 111 Å². The fourth-order valence-electron chi connectivity index (χ4n) is 11.3. The van der Waals surface area contributed by atoms with Gasteiger partial charge in [0.15, 0.2) is 12.4 Å². The minimum Gasteiger partial charge on any atom is -0.545 e. The van der Waals surface area contributed by atoms with Crippen LogP contribution in [-0.4, -0.2) is 82.3 Å². The fraction of sp³-hybridized carbons (Fsp3) is 0.716. The summed E-state index contributed by atoms with van der Waals surface area (Å²) >= 11 is 0. The number of nitrogens with zero attached hydrogens (tertiary/aromatic N) is 1. The fourth-order valence-corrected chi connectivity index (χ4v) is 11.3. The van der Waals surface area contributed by atoms with Gasteiger partial charge in [0, 0.05) is 12.8 Å². The highest BCUT2D eigenvalue weighted by molar-refractivity contribution is 5.70. The van der Waals surface area contributed by atoms with E-state index in [9.17, 15) is 19.5 Å². The molecule has 0 saturated heterocycles. The predicted molar refractivity (Wildman–Crippen MR) is 416 cm³/mol. The molecule has 0 aromatic carbocycles. The average Bonchev–Trinajstić information content (AvgIpc) is 2.59. The maximum Gasteiger partial charge on any atom is 0.306 e. The van der Waals surface area contributed by atoms with E-state index >= 15 is 0 Å². The summed E-state index contributed by atoms with van der Waals surface area (Å²) < 4.78 is 22.8. The van der Waals surface area contributed by atoms with Crippen molar-refractivity contribution in [1.82, 2.24) is 0 Å². The summed E-state index contributed by atoms with van der Waals surface area (Å²) in [5.74, 6) is -2.34. The Morgan fingerprint density at radius 2 is 0.588 bits per heavy atom. The Bertz CT molecular complexity index is 2060. The number of carbonyl (C=O) groups is 3. The second-order valence-corrected chi connectivity index (χ2v) is 28.0. The van der Waals surface area contributed by atoms with Gasteiger partial charge in [-0.15, -0.1) is 0 Å². The molecular weight excluding hydrogens is 1200 g/mol. The van der Waals surface area contributed by atoms with Crippen molar-refractivity contribution in [2.75, 3.05) is 47.5 Å². The molecule has 9 nitrogen and oxygen atoms in total. The van der Waals surface area contributed by atoms with Gasteiger partial charge in [0.2, 0.25) is 0 Å². The molecule has 0 amide bonds. The Labute approximate surface area is 599 Å². The van der Waals surface area contributed by atoms with E-state index in [4.69, 9.17) is 18.9 Å². The molecule has 0 spiro atoms. The zero-order valence-electron chi connectivity index (χ0n) is 63.7. The lowest BCUT2D eigenvalue weighted by molar-refractivity contribution is -0.870. The second kappa shape index (κ2) is 77.2. The maximum atomic E-state index is 12.9. The lowest BCUT2D eigenvalue weighted by Gasteiger charge is -2.26. The number of carbonyl (C=O) groups excluding carboxylic acids is 3. The number of esters is 2. The van der Waals surface area contributed by atoms with Gasteiger partial charge in [-0.25, -0.2) is 0 Å². The lowest BCUT2D eigenvalue weighted by atomic mass is 10.0. The van der Waals surface area contributed by atoms with Crippen molar-refractivity contribution >= 4 is 17.9 Å². The summed E-state index contributed by atoms with van der Waals surface area (Å²) in [6.45, 7) is 4.61. The molecule has 0 saturated carbocycles. The highest BCUT2D eigenvalue weighted by Gasteiger charge is 2.22. The molecule has 0 radical (unpaired) electrons. The molecule has 0 aliphatic rings. The van der Waals surface area contributed by atoms with Crippen LogP contribution in [0.25, 0.3) is 0 Å². The van der Waals surface area contributed by atoms with E-state index < -0.39 is 24.3 Å². The van der Waals surface area contributed by atoms with Crippen LogP contribution in [0.2, 0.25) is 0 Å². The van der Waals surface area contributed by atoms with Gasteiger partial charge >= 0.3 is 11.9 Å². The summed E-state index contributed by atoms with van der Waals surface area (Å²) in [4.78, 5) is 37.6. The first kappa shape index (κ1) is 92.4. The molecule has 0 aliphatic heterocycles. The molecule has 9 heteroatoms. The molecule has 97 heavy (non-hydrogen) atoms. The average molecular weight is 1350 g/mol. The number of hydrogen-bond acceptors (Lipinski definition) is 8. The summed E-state index contributed by atoms with van der Waals surface area (Å²) in [6, 6.07) is 0. The number of rotatable bonds is 74. The number of carboxylic acids is 1. The smallest absolute Gasteiger partial charge is 0.306 e. The van der Waals surface area contributed by atoms with Crippen LogP contribution in [0.4, 0.5) is 0 Å². The third kappa shape index (κ3) is 78.6. The minimum absolute atomic E-state index is 0.133. The van der Waals surface area contributed by atoms with E-state index in [1.165, 1.54) is 218 Å². The highest BCUT2D eigenvalue weighted by Crippen LogP contribution is 2.18. The minimum atomic E-state index is -1.64. The van der Waals surface area contributed by atoms with E-state index in [0.29, 0.717) is 17.4 Å². The number of ether oxygens (including phenoxy) is 4. The zero-order valence-corrected chi connectivity index (χ0v) is 63.7. The van der Waals surface area contributed by atoms with Crippen LogP contribution in [0.3, 0.4) is 0 Å². The summed E-state index contributed by atoms with van der Waals surface area (Å²) in [7, 11) is 5.92. The van der Waals surface area contributed by atoms with Crippen LogP contribution < -0.4 is 5.11 Å². The lowest BCUT2D eigenvalue weighted by Crippen LogP contribution is -2.44. The molecule has 0 bridgehead atoms. The normalized spacial score (nSPS) is 13.4. The molecule has 0 fully saturated rings. The van der Waals surface area contributed by atoms with Gasteiger partial charge in [0.1, 0.15) is 13.2 Å². The number of quaternary nitrogens is 1. The number of aliphatic carboxylic acids is 1.